The maximum Gasteiger partial charge on any atom is 0.191 e. The van der Waals surface area contributed by atoms with Crippen molar-refractivity contribution in [3.8, 4) is 11.3 Å². The molecule has 0 amide bonds. The molecule has 0 spiro atoms. The zero-order chi connectivity index (χ0) is 29.9. The summed E-state index contributed by atoms with van der Waals surface area (Å²) in [5.41, 5.74) is 5.44. The largest absolute Gasteiger partial charge is 0.417 e. The van der Waals surface area contributed by atoms with Crippen LogP contribution in [0, 0.1) is 0 Å². The number of benzene rings is 2. The molecule has 3 heterocycles. The SMILES string of the molecule is C[C@@H](CCO[Si](C)(C)C(C)(C)C)c1nc(-c2cccc(N3CCC(OCc4ccccc4)CC3)c2)c2cnc(Cl)cn12. The summed E-state index contributed by atoms with van der Waals surface area (Å²) in [7, 11) is -1.80. The fraction of sp³-hybridized carbons (Fsp3) is 0.471. The van der Waals surface area contributed by atoms with E-state index in [1.807, 2.05) is 18.5 Å². The van der Waals surface area contributed by atoms with E-state index in [0.29, 0.717) is 17.9 Å². The number of nitrogens with zero attached hydrogens (tertiary/aromatic N) is 4. The summed E-state index contributed by atoms with van der Waals surface area (Å²) < 4.78 is 14.8. The average molecular weight is 605 g/mol. The lowest BCUT2D eigenvalue weighted by molar-refractivity contribution is 0.0251. The van der Waals surface area contributed by atoms with Crippen LogP contribution in [0.25, 0.3) is 16.8 Å². The second-order valence-electron chi connectivity index (χ2n) is 13.1. The Labute approximate surface area is 257 Å². The van der Waals surface area contributed by atoms with Crippen LogP contribution in [0.1, 0.15) is 64.3 Å². The van der Waals surface area contributed by atoms with Crippen LogP contribution in [0.3, 0.4) is 0 Å². The maximum absolute atomic E-state index is 6.49. The summed E-state index contributed by atoms with van der Waals surface area (Å²) in [5.74, 6) is 1.19. The lowest BCUT2D eigenvalue weighted by atomic mass is 10.0. The molecule has 8 heteroatoms. The molecule has 1 atom stereocenters. The number of hydrogen-bond acceptors (Lipinski definition) is 5. The van der Waals surface area contributed by atoms with E-state index in [-0.39, 0.29) is 11.0 Å². The summed E-state index contributed by atoms with van der Waals surface area (Å²) in [6, 6.07) is 19.2. The van der Waals surface area contributed by atoms with Crippen LogP contribution in [0.4, 0.5) is 5.69 Å². The second-order valence-corrected chi connectivity index (χ2v) is 18.3. The van der Waals surface area contributed by atoms with E-state index in [4.69, 9.17) is 25.7 Å². The highest BCUT2D eigenvalue weighted by atomic mass is 35.5. The van der Waals surface area contributed by atoms with Gasteiger partial charge in [0, 0.05) is 43.1 Å². The molecule has 1 fully saturated rings. The predicted octanol–water partition coefficient (Wildman–Crippen LogP) is 8.75. The maximum atomic E-state index is 6.49. The predicted molar refractivity (Wildman–Crippen MR) is 176 cm³/mol. The first kappa shape index (κ1) is 30.7. The third-order valence-corrected chi connectivity index (χ3v) is 13.8. The lowest BCUT2D eigenvalue weighted by Gasteiger charge is -2.36. The molecule has 0 aliphatic carbocycles. The highest BCUT2D eigenvalue weighted by Gasteiger charge is 2.37. The Morgan fingerprint density at radius 1 is 1.05 bits per heavy atom. The van der Waals surface area contributed by atoms with Gasteiger partial charge in [-0.2, -0.15) is 0 Å². The van der Waals surface area contributed by atoms with Crippen molar-refractivity contribution in [2.24, 2.45) is 0 Å². The molecule has 1 saturated heterocycles. The molecular formula is C34H45ClN4O2Si. The summed E-state index contributed by atoms with van der Waals surface area (Å²) in [4.78, 5) is 12.1. The number of rotatable bonds is 10. The van der Waals surface area contributed by atoms with Gasteiger partial charge in [0.25, 0.3) is 0 Å². The first-order valence-electron chi connectivity index (χ1n) is 15.2. The van der Waals surface area contributed by atoms with E-state index < -0.39 is 8.32 Å². The molecule has 5 rings (SSSR count). The standard InChI is InChI=1S/C34H45ClN4O2Si/c1-25(17-20-41-42(5,6)34(2,3)4)33-37-32(30-22-36-31(35)23-39(30)33)27-13-10-14-28(21-27)38-18-15-29(16-19-38)40-24-26-11-8-7-9-12-26/h7-14,21-23,25,29H,15-20,24H2,1-6H3/t25-/m0/s1. The smallest absolute Gasteiger partial charge is 0.191 e. The van der Waals surface area contributed by atoms with Crippen LogP contribution < -0.4 is 4.90 Å². The van der Waals surface area contributed by atoms with Crippen molar-refractivity contribution in [3.05, 3.63) is 83.5 Å². The second kappa shape index (κ2) is 12.9. The van der Waals surface area contributed by atoms with Gasteiger partial charge in [0.1, 0.15) is 11.0 Å². The number of fused-ring (bicyclic) bond motifs is 1. The van der Waals surface area contributed by atoms with Crippen molar-refractivity contribution < 1.29 is 9.16 Å². The molecule has 1 aliphatic heterocycles. The topological polar surface area (TPSA) is 51.9 Å². The Morgan fingerprint density at radius 3 is 2.50 bits per heavy atom. The molecule has 4 aromatic rings. The molecule has 42 heavy (non-hydrogen) atoms. The molecule has 2 aromatic carbocycles. The van der Waals surface area contributed by atoms with Gasteiger partial charge in [0.05, 0.1) is 30.1 Å². The minimum Gasteiger partial charge on any atom is -0.417 e. The number of anilines is 1. The lowest BCUT2D eigenvalue weighted by Crippen LogP contribution is -2.41. The van der Waals surface area contributed by atoms with Crippen LogP contribution in [-0.4, -0.2) is 48.5 Å². The summed E-state index contributed by atoms with van der Waals surface area (Å²) >= 11 is 6.36. The summed E-state index contributed by atoms with van der Waals surface area (Å²) in [5, 5.41) is 0.654. The summed E-state index contributed by atoms with van der Waals surface area (Å²) in [6.07, 6.45) is 6.96. The minimum atomic E-state index is -1.80. The molecule has 0 N–H and O–H groups in total. The van der Waals surface area contributed by atoms with Crippen molar-refractivity contribution in [3.63, 3.8) is 0 Å². The van der Waals surface area contributed by atoms with Crippen molar-refractivity contribution in [2.45, 2.75) is 83.7 Å². The molecule has 0 unspecified atom stereocenters. The minimum absolute atomic E-state index is 0.193. The van der Waals surface area contributed by atoms with Crippen molar-refractivity contribution >= 4 is 31.1 Å². The van der Waals surface area contributed by atoms with Gasteiger partial charge < -0.3 is 14.1 Å². The van der Waals surface area contributed by atoms with E-state index in [1.165, 1.54) is 11.3 Å². The number of ether oxygens (including phenoxy) is 1. The Balaban J connectivity index is 1.29. The highest BCUT2D eigenvalue weighted by molar-refractivity contribution is 6.74. The molecule has 6 nitrogen and oxygen atoms in total. The molecule has 0 radical (unpaired) electrons. The third-order valence-electron chi connectivity index (χ3n) is 9.04. The Bertz CT molecular complexity index is 1480. The van der Waals surface area contributed by atoms with Gasteiger partial charge in [-0.3, -0.25) is 4.40 Å². The summed E-state index contributed by atoms with van der Waals surface area (Å²) in [6.45, 7) is 17.0. The normalized spacial score (nSPS) is 15.8. The van der Waals surface area contributed by atoms with Crippen molar-refractivity contribution in [2.75, 3.05) is 24.6 Å². The molecule has 0 bridgehead atoms. The van der Waals surface area contributed by atoms with Gasteiger partial charge in [-0.1, -0.05) is 81.8 Å². The van der Waals surface area contributed by atoms with E-state index in [9.17, 15) is 0 Å². The van der Waals surface area contributed by atoms with Crippen LogP contribution in [0.15, 0.2) is 67.0 Å². The Morgan fingerprint density at radius 2 is 1.79 bits per heavy atom. The molecule has 224 valence electrons. The van der Waals surface area contributed by atoms with E-state index in [2.05, 4.69) is 104 Å². The van der Waals surface area contributed by atoms with Crippen molar-refractivity contribution in [1.82, 2.24) is 14.4 Å². The molecule has 2 aromatic heterocycles. The van der Waals surface area contributed by atoms with Crippen LogP contribution >= 0.6 is 11.6 Å². The van der Waals surface area contributed by atoms with E-state index in [1.54, 1.807) is 0 Å². The van der Waals surface area contributed by atoms with E-state index in [0.717, 1.165) is 61.6 Å². The number of aromatic nitrogens is 3. The van der Waals surface area contributed by atoms with Gasteiger partial charge >= 0.3 is 0 Å². The first-order valence-corrected chi connectivity index (χ1v) is 18.5. The zero-order valence-electron chi connectivity index (χ0n) is 25.9. The van der Waals surface area contributed by atoms with Gasteiger partial charge in [0.2, 0.25) is 0 Å². The quantitative estimate of drug-likeness (QED) is 0.169. The number of piperidine rings is 1. The average Bonchev–Trinajstić information content (AvgIpc) is 3.35. The Kier molecular flexibility index (Phi) is 9.43. The van der Waals surface area contributed by atoms with Gasteiger partial charge in [-0.05, 0) is 55.1 Å². The molecule has 0 saturated carbocycles. The van der Waals surface area contributed by atoms with Crippen molar-refractivity contribution in [1.29, 1.82) is 0 Å². The van der Waals surface area contributed by atoms with E-state index >= 15 is 0 Å². The molecule has 1 aliphatic rings. The fourth-order valence-electron chi connectivity index (χ4n) is 5.30. The third kappa shape index (κ3) is 7.08. The molecular weight excluding hydrogens is 560 g/mol. The number of imidazole rings is 1. The highest BCUT2D eigenvalue weighted by Crippen LogP contribution is 2.37. The monoisotopic (exact) mass is 604 g/mol. The number of halogens is 1. The van der Waals surface area contributed by atoms with Gasteiger partial charge in [-0.15, -0.1) is 0 Å². The first-order chi connectivity index (χ1) is 20.0. The van der Waals surface area contributed by atoms with Gasteiger partial charge in [0.15, 0.2) is 8.32 Å². The fourth-order valence-corrected chi connectivity index (χ4v) is 6.51. The van der Waals surface area contributed by atoms with Crippen LogP contribution in [0.2, 0.25) is 23.3 Å². The van der Waals surface area contributed by atoms with Crippen LogP contribution in [0.5, 0.6) is 0 Å². The van der Waals surface area contributed by atoms with Crippen LogP contribution in [-0.2, 0) is 15.8 Å². The number of hydrogen-bond donors (Lipinski definition) is 0. The zero-order valence-corrected chi connectivity index (χ0v) is 27.7. The Hall–Kier alpha value is -2.71. The van der Waals surface area contributed by atoms with Gasteiger partial charge in [-0.25, -0.2) is 9.97 Å².